The molecule has 1 aliphatic rings. The smallest absolute Gasteiger partial charge is 0.127 e. The van der Waals surface area contributed by atoms with Gasteiger partial charge in [0.1, 0.15) is 5.82 Å². The summed E-state index contributed by atoms with van der Waals surface area (Å²) in [5.41, 5.74) is 1.79. The molecule has 0 radical (unpaired) electrons. The Balaban J connectivity index is 2.67. The van der Waals surface area contributed by atoms with Crippen LogP contribution in [0.15, 0.2) is 16.6 Å². The van der Waals surface area contributed by atoms with Gasteiger partial charge in [-0.25, -0.2) is 4.39 Å². The van der Waals surface area contributed by atoms with Crippen molar-refractivity contribution in [3.05, 3.63) is 33.5 Å². The fourth-order valence-electron chi connectivity index (χ4n) is 2.09. The normalized spacial score (nSPS) is 19.1. The van der Waals surface area contributed by atoms with Crippen LogP contribution in [-0.4, -0.2) is 6.54 Å². The van der Waals surface area contributed by atoms with Gasteiger partial charge in [-0.3, -0.25) is 0 Å². The zero-order chi connectivity index (χ0) is 10.3. The Morgan fingerprint density at radius 3 is 2.79 bits per heavy atom. The third kappa shape index (κ3) is 1.48. The first-order valence-corrected chi connectivity index (χ1v) is 5.50. The number of hydrogen-bond acceptors (Lipinski definition) is 1. The van der Waals surface area contributed by atoms with Crippen LogP contribution in [0.25, 0.3) is 0 Å². The minimum atomic E-state index is -0.124. The molecule has 0 amide bonds. The first-order chi connectivity index (χ1) is 6.52. The molecule has 1 aromatic rings. The van der Waals surface area contributed by atoms with Gasteiger partial charge in [-0.05, 0) is 17.7 Å². The Hall–Kier alpha value is -0.410. The summed E-state index contributed by atoms with van der Waals surface area (Å²) in [5.74, 6) is -0.0882. The Bertz CT molecular complexity index is 374. The molecule has 1 N–H and O–H groups in total. The van der Waals surface area contributed by atoms with Crippen LogP contribution in [0.2, 0.25) is 0 Å². The van der Waals surface area contributed by atoms with Gasteiger partial charge in [-0.15, -0.1) is 0 Å². The van der Waals surface area contributed by atoms with E-state index in [-0.39, 0.29) is 11.2 Å². The standard InChI is InChI=1S/C11H13BrFN/c1-11(2)6-14-5-7-8(12)3-4-9(13)10(7)11/h3-4,14H,5-6H2,1-2H3. The molecule has 0 saturated carbocycles. The Labute approximate surface area is 91.8 Å². The average Bonchev–Trinajstić information content (AvgIpc) is 2.10. The van der Waals surface area contributed by atoms with Crippen LogP contribution in [0.3, 0.4) is 0 Å². The number of hydrogen-bond donors (Lipinski definition) is 1. The zero-order valence-electron chi connectivity index (χ0n) is 8.32. The summed E-state index contributed by atoms with van der Waals surface area (Å²) in [5, 5.41) is 3.30. The molecular weight excluding hydrogens is 245 g/mol. The predicted octanol–water partition coefficient (Wildman–Crippen LogP) is 2.97. The van der Waals surface area contributed by atoms with Crippen molar-refractivity contribution in [3.63, 3.8) is 0 Å². The van der Waals surface area contributed by atoms with Crippen molar-refractivity contribution >= 4 is 15.9 Å². The van der Waals surface area contributed by atoms with E-state index >= 15 is 0 Å². The number of fused-ring (bicyclic) bond motifs is 1. The highest BCUT2D eigenvalue weighted by molar-refractivity contribution is 9.10. The quantitative estimate of drug-likeness (QED) is 0.754. The molecule has 0 fully saturated rings. The minimum Gasteiger partial charge on any atom is -0.312 e. The van der Waals surface area contributed by atoms with Crippen LogP contribution in [0, 0.1) is 5.82 Å². The van der Waals surface area contributed by atoms with Gasteiger partial charge in [0.25, 0.3) is 0 Å². The van der Waals surface area contributed by atoms with Crippen molar-refractivity contribution in [2.75, 3.05) is 6.54 Å². The second kappa shape index (κ2) is 3.31. The lowest BCUT2D eigenvalue weighted by molar-refractivity contribution is 0.410. The summed E-state index contributed by atoms with van der Waals surface area (Å²) in [6.45, 7) is 5.70. The van der Waals surface area contributed by atoms with Crippen molar-refractivity contribution in [2.24, 2.45) is 0 Å². The molecule has 0 aliphatic carbocycles. The maximum absolute atomic E-state index is 13.7. The van der Waals surface area contributed by atoms with E-state index in [2.05, 4.69) is 35.1 Å². The summed E-state index contributed by atoms with van der Waals surface area (Å²) >= 11 is 3.46. The molecular formula is C11H13BrFN. The van der Waals surface area contributed by atoms with Crippen LogP contribution in [0.4, 0.5) is 4.39 Å². The number of rotatable bonds is 0. The molecule has 0 atom stereocenters. The summed E-state index contributed by atoms with van der Waals surface area (Å²) in [6, 6.07) is 3.31. The highest BCUT2D eigenvalue weighted by Crippen LogP contribution is 2.35. The molecule has 1 nitrogen and oxygen atoms in total. The van der Waals surface area contributed by atoms with Gasteiger partial charge in [0.15, 0.2) is 0 Å². The van der Waals surface area contributed by atoms with E-state index in [9.17, 15) is 4.39 Å². The van der Waals surface area contributed by atoms with E-state index in [0.717, 1.165) is 28.7 Å². The van der Waals surface area contributed by atoms with Gasteiger partial charge in [0.2, 0.25) is 0 Å². The van der Waals surface area contributed by atoms with Crippen LogP contribution in [0.5, 0.6) is 0 Å². The van der Waals surface area contributed by atoms with Gasteiger partial charge in [-0.1, -0.05) is 29.8 Å². The summed E-state index contributed by atoms with van der Waals surface area (Å²) < 4.78 is 14.7. The minimum absolute atomic E-state index is 0.0882. The van der Waals surface area contributed by atoms with E-state index in [0.29, 0.717) is 0 Å². The van der Waals surface area contributed by atoms with E-state index in [1.165, 1.54) is 6.07 Å². The topological polar surface area (TPSA) is 12.0 Å². The van der Waals surface area contributed by atoms with Gasteiger partial charge < -0.3 is 5.32 Å². The maximum atomic E-state index is 13.7. The van der Waals surface area contributed by atoms with Crippen molar-refractivity contribution in [1.29, 1.82) is 0 Å². The van der Waals surface area contributed by atoms with Crippen molar-refractivity contribution in [3.8, 4) is 0 Å². The van der Waals surface area contributed by atoms with Crippen LogP contribution in [-0.2, 0) is 12.0 Å². The molecule has 0 spiro atoms. The van der Waals surface area contributed by atoms with Crippen LogP contribution >= 0.6 is 15.9 Å². The third-order valence-electron chi connectivity index (χ3n) is 2.75. The summed E-state index contributed by atoms with van der Waals surface area (Å²) in [4.78, 5) is 0. The fraction of sp³-hybridized carbons (Fsp3) is 0.455. The SMILES string of the molecule is CC1(C)CNCc2c(Br)ccc(F)c21. The molecule has 14 heavy (non-hydrogen) atoms. The largest absolute Gasteiger partial charge is 0.312 e. The average molecular weight is 258 g/mol. The molecule has 3 heteroatoms. The molecule has 0 unspecified atom stereocenters. The summed E-state index contributed by atoms with van der Waals surface area (Å²) in [6.07, 6.45) is 0. The van der Waals surface area contributed by atoms with E-state index < -0.39 is 0 Å². The molecule has 0 bridgehead atoms. The first-order valence-electron chi connectivity index (χ1n) is 4.70. The van der Waals surface area contributed by atoms with E-state index in [1.807, 2.05) is 0 Å². The predicted molar refractivity (Wildman–Crippen MR) is 58.8 cm³/mol. The lowest BCUT2D eigenvalue weighted by Gasteiger charge is -2.34. The second-order valence-electron chi connectivity index (χ2n) is 4.37. The first kappa shape index (κ1) is 10.1. The number of benzene rings is 1. The van der Waals surface area contributed by atoms with Gasteiger partial charge in [0, 0.05) is 28.5 Å². The third-order valence-corrected chi connectivity index (χ3v) is 3.49. The van der Waals surface area contributed by atoms with E-state index in [4.69, 9.17) is 0 Å². The number of nitrogens with one attached hydrogen (secondary N) is 1. The van der Waals surface area contributed by atoms with Crippen molar-refractivity contribution in [1.82, 2.24) is 5.32 Å². The highest BCUT2D eigenvalue weighted by Gasteiger charge is 2.31. The zero-order valence-corrected chi connectivity index (χ0v) is 9.91. The maximum Gasteiger partial charge on any atom is 0.127 e. The van der Waals surface area contributed by atoms with Gasteiger partial charge in [0.05, 0.1) is 0 Å². The van der Waals surface area contributed by atoms with Crippen LogP contribution < -0.4 is 5.32 Å². The Morgan fingerprint density at radius 2 is 2.14 bits per heavy atom. The summed E-state index contributed by atoms with van der Waals surface area (Å²) in [7, 11) is 0. The monoisotopic (exact) mass is 257 g/mol. The highest BCUT2D eigenvalue weighted by atomic mass is 79.9. The lowest BCUT2D eigenvalue weighted by atomic mass is 9.79. The lowest BCUT2D eigenvalue weighted by Crippen LogP contribution is -2.39. The van der Waals surface area contributed by atoms with Gasteiger partial charge >= 0.3 is 0 Å². The molecule has 2 rings (SSSR count). The van der Waals surface area contributed by atoms with Gasteiger partial charge in [-0.2, -0.15) is 0 Å². The Kier molecular flexibility index (Phi) is 2.40. The van der Waals surface area contributed by atoms with E-state index in [1.54, 1.807) is 6.07 Å². The van der Waals surface area contributed by atoms with Crippen molar-refractivity contribution < 1.29 is 4.39 Å². The van der Waals surface area contributed by atoms with Crippen LogP contribution in [0.1, 0.15) is 25.0 Å². The Morgan fingerprint density at radius 1 is 1.43 bits per heavy atom. The fourth-order valence-corrected chi connectivity index (χ4v) is 2.56. The molecule has 0 aromatic heterocycles. The molecule has 76 valence electrons. The molecule has 1 aliphatic heterocycles. The second-order valence-corrected chi connectivity index (χ2v) is 5.22. The molecule has 0 saturated heterocycles. The molecule has 1 heterocycles. The van der Waals surface area contributed by atoms with Crippen molar-refractivity contribution in [2.45, 2.75) is 25.8 Å². The number of halogens is 2. The molecule has 1 aromatic carbocycles.